The van der Waals surface area contributed by atoms with Crippen molar-refractivity contribution in [1.82, 2.24) is 4.90 Å². The normalized spacial score (nSPS) is 14.2. The van der Waals surface area contributed by atoms with Gasteiger partial charge >= 0.3 is 5.97 Å². The Bertz CT molecular complexity index is 1460. The monoisotopic (exact) mass is 582 g/mol. The second kappa shape index (κ2) is 12.9. The number of hydrogen-bond donors (Lipinski definition) is 0. The van der Waals surface area contributed by atoms with Gasteiger partial charge in [-0.2, -0.15) is 0 Å². The zero-order chi connectivity index (χ0) is 28.8. The molecule has 1 heterocycles. The summed E-state index contributed by atoms with van der Waals surface area (Å²) in [4.78, 5) is 28.7. The first kappa shape index (κ1) is 29.0. The third-order valence-electron chi connectivity index (χ3n) is 6.16. The van der Waals surface area contributed by atoms with Gasteiger partial charge < -0.3 is 19.1 Å². The van der Waals surface area contributed by atoms with Crippen molar-refractivity contribution < 1.29 is 28.2 Å². The lowest BCUT2D eigenvalue weighted by Gasteiger charge is -2.19. The minimum Gasteiger partial charge on any atom is -0.490 e. The highest BCUT2D eigenvalue weighted by Crippen LogP contribution is 2.39. The molecule has 1 fully saturated rings. The second-order valence-corrected chi connectivity index (χ2v) is 9.59. The summed E-state index contributed by atoms with van der Waals surface area (Å²) in [6, 6.07) is 16.8. The molecule has 0 saturated carbocycles. The Morgan fingerprint density at radius 2 is 1.80 bits per heavy atom. The Morgan fingerprint density at radius 3 is 2.45 bits per heavy atom. The van der Waals surface area contributed by atoms with Crippen LogP contribution in [0.3, 0.4) is 0 Å². The molecule has 7 nitrogen and oxygen atoms in total. The number of aryl methyl sites for hydroxylation is 1. The van der Waals surface area contributed by atoms with E-state index in [1.807, 2.05) is 38.1 Å². The number of hydrogen-bond acceptors (Lipinski definition) is 6. The summed E-state index contributed by atoms with van der Waals surface area (Å²) >= 11 is 12.2. The highest BCUT2D eigenvalue weighted by Gasteiger charge is 2.40. The topological polar surface area (TPSA) is 68.3 Å². The first-order valence-corrected chi connectivity index (χ1v) is 13.4. The van der Waals surface area contributed by atoms with Crippen LogP contribution in [0, 0.1) is 5.82 Å². The van der Waals surface area contributed by atoms with Crippen molar-refractivity contribution in [2.75, 3.05) is 25.2 Å². The minimum absolute atomic E-state index is 0.0729. The molecule has 0 aliphatic carbocycles. The Hall–Kier alpha value is -3.95. The maximum atomic E-state index is 13.7. The lowest BCUT2D eigenvalue weighted by molar-refractivity contribution is -0.140. The first-order valence-electron chi connectivity index (χ1n) is 12.6. The number of esters is 1. The molecule has 1 aliphatic heterocycles. The molecule has 0 aromatic heterocycles. The summed E-state index contributed by atoms with van der Waals surface area (Å²) in [6.07, 6.45) is 2.44. The smallest absolute Gasteiger partial charge is 0.325 e. The number of halogens is 2. The van der Waals surface area contributed by atoms with Gasteiger partial charge in [-0.3, -0.25) is 14.5 Å². The number of ether oxygens (including phenoxy) is 3. The van der Waals surface area contributed by atoms with Gasteiger partial charge in [-0.25, -0.2) is 4.39 Å². The lowest BCUT2D eigenvalue weighted by atomic mass is 10.1. The van der Waals surface area contributed by atoms with Crippen molar-refractivity contribution in [3.8, 4) is 11.5 Å². The van der Waals surface area contributed by atoms with E-state index < -0.39 is 11.9 Å². The quantitative estimate of drug-likeness (QED) is 0.161. The van der Waals surface area contributed by atoms with Crippen LogP contribution in [0.5, 0.6) is 11.5 Å². The summed E-state index contributed by atoms with van der Waals surface area (Å²) in [7, 11) is 1.27. The van der Waals surface area contributed by atoms with E-state index in [2.05, 4.69) is 0 Å². The van der Waals surface area contributed by atoms with E-state index >= 15 is 0 Å². The van der Waals surface area contributed by atoms with Gasteiger partial charge in [-0.05, 0) is 84.7 Å². The van der Waals surface area contributed by atoms with Crippen molar-refractivity contribution >= 4 is 52.6 Å². The fourth-order valence-electron chi connectivity index (χ4n) is 4.15. The maximum absolute atomic E-state index is 13.7. The highest BCUT2D eigenvalue weighted by molar-refractivity contribution is 7.80. The van der Waals surface area contributed by atoms with E-state index in [9.17, 15) is 14.0 Å². The van der Waals surface area contributed by atoms with Gasteiger partial charge in [0.05, 0.1) is 24.4 Å². The van der Waals surface area contributed by atoms with E-state index in [1.165, 1.54) is 29.0 Å². The molecule has 0 unspecified atom stereocenters. The largest absolute Gasteiger partial charge is 0.490 e. The molecule has 4 rings (SSSR count). The molecule has 1 saturated heterocycles. The molecule has 0 atom stereocenters. The molecule has 0 spiro atoms. The van der Waals surface area contributed by atoms with E-state index in [0.717, 1.165) is 12.0 Å². The number of rotatable bonds is 10. The Balaban J connectivity index is 1.70. The fourth-order valence-corrected chi connectivity index (χ4v) is 4.77. The molecular formula is C30H28ClFN2O5S. The van der Waals surface area contributed by atoms with Gasteiger partial charge in [0, 0.05) is 0 Å². The number of thiocarbonyl (C=S) groups is 1. The zero-order valence-corrected chi connectivity index (χ0v) is 23.9. The summed E-state index contributed by atoms with van der Waals surface area (Å²) in [6.45, 7) is 4.00. The molecule has 40 heavy (non-hydrogen) atoms. The minimum atomic E-state index is -0.557. The van der Waals surface area contributed by atoms with Crippen molar-refractivity contribution in [2.24, 2.45) is 0 Å². The standard InChI is InChI=1S/C30H28ClFN2O5S/c1-4-19-9-11-23(12-10-19)34-29(36)25(33(30(34)40)17-27(35)37-3)15-21-14-24(31)28(26(16-21)38-5-2)39-18-20-7-6-8-22(32)13-20/h6-16H,4-5,17-18H2,1-3H3/b25-15-. The molecule has 0 radical (unpaired) electrons. The molecule has 208 valence electrons. The zero-order valence-electron chi connectivity index (χ0n) is 22.3. The predicted octanol–water partition coefficient (Wildman–Crippen LogP) is 6.17. The predicted molar refractivity (Wildman–Crippen MR) is 156 cm³/mol. The van der Waals surface area contributed by atoms with Crippen molar-refractivity contribution in [3.05, 3.63) is 93.9 Å². The summed E-state index contributed by atoms with van der Waals surface area (Å²) in [5, 5.41) is 0.380. The molecule has 3 aromatic rings. The van der Waals surface area contributed by atoms with Crippen LogP contribution < -0.4 is 14.4 Å². The number of anilines is 1. The Kier molecular flexibility index (Phi) is 9.39. The maximum Gasteiger partial charge on any atom is 0.325 e. The Morgan fingerprint density at radius 1 is 1.05 bits per heavy atom. The van der Waals surface area contributed by atoms with Crippen LogP contribution >= 0.6 is 23.8 Å². The van der Waals surface area contributed by atoms with Gasteiger partial charge in [-0.1, -0.05) is 42.8 Å². The van der Waals surface area contributed by atoms with E-state index in [-0.39, 0.29) is 40.6 Å². The Labute approximate surface area is 242 Å². The molecule has 3 aromatic carbocycles. The SMILES string of the molecule is CCOc1cc(/C=C2/C(=O)N(c3ccc(CC)cc3)C(=S)N2CC(=O)OC)cc(Cl)c1OCc1cccc(F)c1. The molecule has 0 N–H and O–H groups in total. The summed E-state index contributed by atoms with van der Waals surface area (Å²) in [5.74, 6) is -0.702. The second-order valence-electron chi connectivity index (χ2n) is 8.82. The molecule has 1 aliphatic rings. The van der Waals surface area contributed by atoms with Crippen molar-refractivity contribution in [3.63, 3.8) is 0 Å². The summed E-state index contributed by atoms with van der Waals surface area (Å²) in [5.41, 5.74) is 3.01. The van der Waals surface area contributed by atoms with E-state index in [1.54, 1.807) is 30.3 Å². The van der Waals surface area contributed by atoms with E-state index in [0.29, 0.717) is 29.2 Å². The molecular weight excluding hydrogens is 555 g/mol. The number of carbonyl (C=O) groups is 2. The van der Waals surface area contributed by atoms with Crippen molar-refractivity contribution in [1.29, 1.82) is 0 Å². The fraction of sp³-hybridized carbons (Fsp3) is 0.233. The van der Waals surface area contributed by atoms with Crippen LogP contribution in [-0.2, 0) is 27.4 Å². The first-order chi connectivity index (χ1) is 19.2. The van der Waals surface area contributed by atoms with Crippen LogP contribution in [0.15, 0.2) is 66.4 Å². The lowest BCUT2D eigenvalue weighted by Crippen LogP contribution is -2.35. The van der Waals surface area contributed by atoms with Gasteiger partial charge in [0.15, 0.2) is 16.6 Å². The van der Waals surface area contributed by atoms with Crippen LogP contribution in [0.2, 0.25) is 5.02 Å². The van der Waals surface area contributed by atoms with Gasteiger partial charge in [0.25, 0.3) is 5.91 Å². The number of benzene rings is 3. The average Bonchev–Trinajstić information content (AvgIpc) is 3.16. The van der Waals surface area contributed by atoms with Crippen LogP contribution in [0.4, 0.5) is 10.1 Å². The third kappa shape index (κ3) is 6.43. The summed E-state index contributed by atoms with van der Waals surface area (Å²) < 4.78 is 30.1. The van der Waals surface area contributed by atoms with Crippen LogP contribution in [0.25, 0.3) is 6.08 Å². The van der Waals surface area contributed by atoms with Crippen LogP contribution in [0.1, 0.15) is 30.5 Å². The average molecular weight is 583 g/mol. The van der Waals surface area contributed by atoms with Gasteiger partial charge in [0.1, 0.15) is 24.7 Å². The highest BCUT2D eigenvalue weighted by atomic mass is 35.5. The number of carbonyl (C=O) groups excluding carboxylic acids is 2. The van der Waals surface area contributed by atoms with Gasteiger partial charge in [-0.15, -0.1) is 0 Å². The number of methoxy groups -OCH3 is 1. The molecule has 1 amide bonds. The third-order valence-corrected chi connectivity index (χ3v) is 6.84. The van der Waals surface area contributed by atoms with E-state index in [4.69, 9.17) is 38.0 Å². The van der Waals surface area contributed by atoms with Crippen molar-refractivity contribution in [2.45, 2.75) is 26.9 Å². The molecule has 10 heteroatoms. The molecule has 0 bridgehead atoms. The van der Waals surface area contributed by atoms with Crippen LogP contribution in [-0.4, -0.2) is 42.2 Å². The van der Waals surface area contributed by atoms with Gasteiger partial charge in [0.2, 0.25) is 0 Å². The number of nitrogens with zero attached hydrogens (tertiary/aromatic N) is 2. The number of amides is 1.